The Kier molecular flexibility index (Phi) is 2.70. The van der Waals surface area contributed by atoms with Gasteiger partial charge in [-0.1, -0.05) is 60.7 Å². The SMILES string of the molecule is C1=CC2/C(=C/c3cccc4ccccc34)CCN2C=C1. The van der Waals surface area contributed by atoms with Crippen LogP contribution >= 0.6 is 0 Å². The Hall–Kier alpha value is -2.28. The Morgan fingerprint density at radius 1 is 1.00 bits per heavy atom. The number of nitrogens with zero attached hydrogens (tertiary/aromatic N) is 1. The van der Waals surface area contributed by atoms with E-state index < -0.39 is 0 Å². The lowest BCUT2D eigenvalue weighted by Crippen LogP contribution is -2.24. The van der Waals surface area contributed by atoms with E-state index in [-0.39, 0.29) is 0 Å². The quantitative estimate of drug-likeness (QED) is 0.734. The zero-order valence-corrected chi connectivity index (χ0v) is 11.4. The number of rotatable bonds is 1. The van der Waals surface area contributed by atoms with E-state index in [1.54, 1.807) is 0 Å². The van der Waals surface area contributed by atoms with Crippen LogP contribution in [-0.4, -0.2) is 17.5 Å². The van der Waals surface area contributed by atoms with Crippen molar-refractivity contribution < 1.29 is 0 Å². The van der Waals surface area contributed by atoms with Crippen LogP contribution in [0.1, 0.15) is 12.0 Å². The minimum atomic E-state index is 0.457. The van der Waals surface area contributed by atoms with Gasteiger partial charge in [0.05, 0.1) is 6.04 Å². The molecule has 1 nitrogen and oxygen atoms in total. The summed E-state index contributed by atoms with van der Waals surface area (Å²) in [7, 11) is 0. The van der Waals surface area contributed by atoms with Gasteiger partial charge in [-0.2, -0.15) is 0 Å². The third-order valence-electron chi connectivity index (χ3n) is 4.24. The van der Waals surface area contributed by atoms with Crippen LogP contribution in [0.25, 0.3) is 16.8 Å². The Morgan fingerprint density at radius 3 is 2.90 bits per heavy atom. The first-order valence-electron chi connectivity index (χ1n) is 7.21. The average Bonchev–Trinajstić information content (AvgIpc) is 2.91. The predicted octanol–water partition coefficient (Wildman–Crippen LogP) is 4.38. The molecule has 0 aromatic heterocycles. The highest BCUT2D eigenvalue weighted by Gasteiger charge is 2.25. The fourth-order valence-electron chi connectivity index (χ4n) is 3.22. The zero-order chi connectivity index (χ0) is 13.4. The summed E-state index contributed by atoms with van der Waals surface area (Å²) < 4.78 is 0. The Bertz CT molecular complexity index is 731. The lowest BCUT2D eigenvalue weighted by molar-refractivity contribution is 0.413. The first-order valence-corrected chi connectivity index (χ1v) is 7.21. The maximum Gasteiger partial charge on any atom is 0.0688 e. The Morgan fingerprint density at radius 2 is 1.90 bits per heavy atom. The summed E-state index contributed by atoms with van der Waals surface area (Å²) in [6, 6.07) is 15.6. The summed E-state index contributed by atoms with van der Waals surface area (Å²) in [4.78, 5) is 2.41. The van der Waals surface area contributed by atoms with Gasteiger partial charge in [0.25, 0.3) is 0 Å². The second-order valence-corrected chi connectivity index (χ2v) is 5.45. The number of benzene rings is 2. The van der Waals surface area contributed by atoms with Gasteiger partial charge in [0.15, 0.2) is 0 Å². The van der Waals surface area contributed by atoms with Crippen LogP contribution in [0.15, 0.2) is 72.5 Å². The van der Waals surface area contributed by atoms with E-state index in [2.05, 4.69) is 77.9 Å². The van der Waals surface area contributed by atoms with Crippen LogP contribution < -0.4 is 0 Å². The fraction of sp³-hybridized carbons (Fsp3) is 0.158. The molecule has 1 fully saturated rings. The van der Waals surface area contributed by atoms with Crippen molar-refractivity contribution in [3.8, 4) is 0 Å². The molecule has 0 aliphatic carbocycles. The largest absolute Gasteiger partial charge is 0.367 e. The Balaban J connectivity index is 1.79. The van der Waals surface area contributed by atoms with Crippen molar-refractivity contribution in [1.82, 2.24) is 4.90 Å². The zero-order valence-electron chi connectivity index (χ0n) is 11.4. The lowest BCUT2D eigenvalue weighted by atomic mass is 9.99. The standard InChI is InChI=1S/C19H17N/c1-2-9-18-15(6-1)7-5-8-16(18)14-17-11-13-20-12-4-3-10-19(17)20/h1-10,12,14,19H,11,13H2/b17-14+. The number of hydrogen-bond acceptors (Lipinski definition) is 1. The van der Waals surface area contributed by atoms with E-state index in [0.29, 0.717) is 6.04 Å². The van der Waals surface area contributed by atoms with Crippen molar-refractivity contribution in [3.05, 3.63) is 78.0 Å². The third kappa shape index (κ3) is 1.87. The molecule has 98 valence electrons. The van der Waals surface area contributed by atoms with E-state index >= 15 is 0 Å². The average molecular weight is 259 g/mol. The first-order chi connectivity index (χ1) is 9.92. The van der Waals surface area contributed by atoms with Crippen LogP contribution in [0, 0.1) is 0 Å². The topological polar surface area (TPSA) is 3.24 Å². The first kappa shape index (κ1) is 11.5. The normalized spacial score (nSPS) is 22.7. The summed E-state index contributed by atoms with van der Waals surface area (Å²) in [5.41, 5.74) is 2.85. The van der Waals surface area contributed by atoms with Gasteiger partial charge < -0.3 is 4.90 Å². The molecule has 4 rings (SSSR count). The van der Waals surface area contributed by atoms with Gasteiger partial charge in [-0.15, -0.1) is 0 Å². The van der Waals surface area contributed by atoms with Crippen molar-refractivity contribution in [2.24, 2.45) is 0 Å². The highest BCUT2D eigenvalue weighted by Crippen LogP contribution is 2.30. The summed E-state index contributed by atoms with van der Waals surface area (Å²) in [6.45, 7) is 1.13. The highest BCUT2D eigenvalue weighted by atomic mass is 15.2. The third-order valence-corrected chi connectivity index (χ3v) is 4.24. The molecule has 2 aromatic rings. The van der Waals surface area contributed by atoms with Crippen molar-refractivity contribution in [3.63, 3.8) is 0 Å². The maximum absolute atomic E-state index is 2.41. The molecule has 2 heterocycles. The van der Waals surface area contributed by atoms with Gasteiger partial charge in [0.1, 0.15) is 0 Å². The predicted molar refractivity (Wildman–Crippen MR) is 85.3 cm³/mol. The van der Waals surface area contributed by atoms with Crippen LogP contribution in [0.3, 0.4) is 0 Å². The van der Waals surface area contributed by atoms with E-state index in [4.69, 9.17) is 0 Å². The molecule has 0 radical (unpaired) electrons. The van der Waals surface area contributed by atoms with Gasteiger partial charge in [-0.25, -0.2) is 0 Å². The maximum atomic E-state index is 2.41. The molecule has 1 atom stereocenters. The van der Waals surface area contributed by atoms with Gasteiger partial charge in [0, 0.05) is 6.54 Å². The van der Waals surface area contributed by atoms with Crippen LogP contribution in [-0.2, 0) is 0 Å². The van der Waals surface area contributed by atoms with Gasteiger partial charge in [0.2, 0.25) is 0 Å². The summed E-state index contributed by atoms with van der Waals surface area (Å²) >= 11 is 0. The molecule has 20 heavy (non-hydrogen) atoms. The lowest BCUT2D eigenvalue weighted by Gasteiger charge is -2.22. The van der Waals surface area contributed by atoms with Crippen LogP contribution in [0.5, 0.6) is 0 Å². The molecule has 1 unspecified atom stereocenters. The molecular weight excluding hydrogens is 242 g/mol. The van der Waals surface area contributed by atoms with Crippen molar-refractivity contribution in [2.75, 3.05) is 6.54 Å². The van der Waals surface area contributed by atoms with E-state index in [1.807, 2.05) is 0 Å². The number of fused-ring (bicyclic) bond motifs is 2. The molecule has 0 amide bonds. The second kappa shape index (κ2) is 4.68. The van der Waals surface area contributed by atoms with Gasteiger partial charge in [-0.3, -0.25) is 0 Å². The van der Waals surface area contributed by atoms with Crippen LogP contribution in [0.2, 0.25) is 0 Å². The highest BCUT2D eigenvalue weighted by molar-refractivity contribution is 5.91. The van der Waals surface area contributed by atoms with E-state index in [9.17, 15) is 0 Å². The van der Waals surface area contributed by atoms with E-state index in [0.717, 1.165) is 13.0 Å². The fourth-order valence-corrected chi connectivity index (χ4v) is 3.22. The van der Waals surface area contributed by atoms with Crippen molar-refractivity contribution >= 4 is 16.8 Å². The molecule has 0 N–H and O–H groups in total. The molecule has 0 saturated carbocycles. The molecule has 2 aliphatic rings. The van der Waals surface area contributed by atoms with Gasteiger partial charge >= 0.3 is 0 Å². The minimum absolute atomic E-state index is 0.457. The smallest absolute Gasteiger partial charge is 0.0688 e. The summed E-state index contributed by atoms with van der Waals surface area (Å²) in [5, 5.41) is 2.66. The van der Waals surface area contributed by atoms with Gasteiger partial charge in [-0.05, 0) is 40.6 Å². The molecule has 0 spiro atoms. The molecule has 2 aromatic carbocycles. The monoisotopic (exact) mass is 259 g/mol. The second-order valence-electron chi connectivity index (χ2n) is 5.45. The number of allylic oxidation sites excluding steroid dienone is 2. The molecule has 1 heteroatoms. The summed E-state index contributed by atoms with van der Waals surface area (Å²) in [5.74, 6) is 0. The molecular formula is C19H17N. The van der Waals surface area contributed by atoms with E-state index in [1.165, 1.54) is 21.9 Å². The molecule has 0 bridgehead atoms. The molecule has 2 aliphatic heterocycles. The minimum Gasteiger partial charge on any atom is -0.367 e. The van der Waals surface area contributed by atoms with Crippen LogP contribution in [0.4, 0.5) is 0 Å². The number of hydrogen-bond donors (Lipinski definition) is 0. The van der Waals surface area contributed by atoms with Crippen molar-refractivity contribution in [1.29, 1.82) is 0 Å². The Labute approximate surface area is 119 Å². The summed E-state index contributed by atoms with van der Waals surface area (Å²) in [6.07, 6.45) is 12.3. The van der Waals surface area contributed by atoms with Crippen molar-refractivity contribution in [2.45, 2.75) is 12.5 Å². The molecule has 1 saturated heterocycles.